The van der Waals surface area contributed by atoms with E-state index in [0.717, 1.165) is 19.4 Å². The highest BCUT2D eigenvalue weighted by atomic mass is 16.5. The molecule has 1 atom stereocenters. The molecule has 1 aliphatic rings. The summed E-state index contributed by atoms with van der Waals surface area (Å²) in [4.78, 5) is 23.8. The van der Waals surface area contributed by atoms with E-state index in [1.165, 1.54) is 9.08 Å². The molecule has 0 bridgehead atoms. The van der Waals surface area contributed by atoms with Gasteiger partial charge in [0, 0.05) is 19.3 Å². The highest BCUT2D eigenvalue weighted by Crippen LogP contribution is 2.10. The number of fused-ring (bicyclic) bond motifs is 1. The summed E-state index contributed by atoms with van der Waals surface area (Å²) in [5, 5.41) is 6.88. The summed E-state index contributed by atoms with van der Waals surface area (Å²) in [5.74, 6) is -0.231. The van der Waals surface area contributed by atoms with Crippen molar-refractivity contribution >= 4 is 11.6 Å². The highest BCUT2D eigenvalue weighted by Gasteiger charge is 2.17. The van der Waals surface area contributed by atoms with E-state index < -0.39 is 0 Å². The van der Waals surface area contributed by atoms with Crippen LogP contribution in [-0.2, 0) is 16.1 Å². The molecule has 0 aromatic carbocycles. The molecule has 3 rings (SSSR count). The predicted molar refractivity (Wildman–Crippen MR) is 71.4 cm³/mol. The number of rotatable bonds is 4. The first kappa shape index (κ1) is 12.9. The molecule has 1 aliphatic heterocycles. The van der Waals surface area contributed by atoms with Gasteiger partial charge in [0.05, 0.1) is 6.10 Å². The normalized spacial score (nSPS) is 18.5. The number of nitrogens with zero attached hydrogens (tertiary/aromatic N) is 3. The van der Waals surface area contributed by atoms with Crippen molar-refractivity contribution in [3.05, 3.63) is 34.9 Å². The summed E-state index contributed by atoms with van der Waals surface area (Å²) in [6.07, 6.45) is 3.73. The zero-order valence-electron chi connectivity index (χ0n) is 11.0. The Balaban J connectivity index is 1.65. The van der Waals surface area contributed by atoms with Crippen molar-refractivity contribution in [1.29, 1.82) is 0 Å². The average molecular weight is 276 g/mol. The van der Waals surface area contributed by atoms with Crippen LogP contribution in [0.4, 0.5) is 0 Å². The zero-order valence-corrected chi connectivity index (χ0v) is 11.0. The van der Waals surface area contributed by atoms with Crippen molar-refractivity contribution in [3.8, 4) is 0 Å². The van der Waals surface area contributed by atoms with Gasteiger partial charge >= 0.3 is 5.69 Å². The molecule has 1 amide bonds. The van der Waals surface area contributed by atoms with E-state index in [1.54, 1.807) is 24.4 Å². The molecular weight excluding hydrogens is 260 g/mol. The van der Waals surface area contributed by atoms with E-state index in [0.29, 0.717) is 12.2 Å². The van der Waals surface area contributed by atoms with Gasteiger partial charge in [-0.25, -0.2) is 9.48 Å². The number of nitrogens with one attached hydrogen (secondary N) is 1. The van der Waals surface area contributed by atoms with Gasteiger partial charge in [-0.1, -0.05) is 6.07 Å². The standard InChI is InChI=1S/C13H16N4O3/c18-12(14-8-10-4-3-7-20-10)9-17-13(19)16-6-2-1-5-11(16)15-17/h1-2,5-6,10H,3-4,7-9H2,(H,14,18). The first-order valence-electron chi connectivity index (χ1n) is 6.66. The second-order valence-electron chi connectivity index (χ2n) is 4.81. The molecule has 0 aliphatic carbocycles. The molecule has 20 heavy (non-hydrogen) atoms. The maximum atomic E-state index is 12.0. The maximum absolute atomic E-state index is 12.0. The topological polar surface area (TPSA) is 77.6 Å². The molecule has 1 fully saturated rings. The van der Waals surface area contributed by atoms with Gasteiger partial charge in [-0.15, -0.1) is 5.10 Å². The van der Waals surface area contributed by atoms with Crippen LogP contribution in [0.3, 0.4) is 0 Å². The molecule has 7 nitrogen and oxygen atoms in total. The van der Waals surface area contributed by atoms with Gasteiger partial charge in [0.15, 0.2) is 5.65 Å². The van der Waals surface area contributed by atoms with Crippen LogP contribution in [0, 0.1) is 0 Å². The monoisotopic (exact) mass is 276 g/mol. The average Bonchev–Trinajstić information content (AvgIpc) is 3.07. The Labute approximate surface area is 115 Å². The third-order valence-corrected chi connectivity index (χ3v) is 3.33. The number of aromatic nitrogens is 3. The first-order chi connectivity index (χ1) is 9.74. The summed E-state index contributed by atoms with van der Waals surface area (Å²) < 4.78 is 8.00. The maximum Gasteiger partial charge on any atom is 0.350 e. The van der Waals surface area contributed by atoms with Gasteiger partial charge in [0.25, 0.3) is 0 Å². The van der Waals surface area contributed by atoms with Crippen LogP contribution in [0.1, 0.15) is 12.8 Å². The van der Waals surface area contributed by atoms with Crippen molar-refractivity contribution in [2.45, 2.75) is 25.5 Å². The lowest BCUT2D eigenvalue weighted by Gasteiger charge is -2.10. The lowest BCUT2D eigenvalue weighted by molar-refractivity contribution is -0.122. The van der Waals surface area contributed by atoms with E-state index in [-0.39, 0.29) is 24.2 Å². The van der Waals surface area contributed by atoms with Crippen LogP contribution in [0.15, 0.2) is 29.2 Å². The Morgan fingerprint density at radius 1 is 1.50 bits per heavy atom. The minimum atomic E-state index is -0.312. The van der Waals surface area contributed by atoms with E-state index >= 15 is 0 Å². The molecule has 2 aromatic heterocycles. The van der Waals surface area contributed by atoms with Gasteiger partial charge in [-0.2, -0.15) is 0 Å². The fraction of sp³-hybridized carbons (Fsp3) is 0.462. The molecule has 106 valence electrons. The molecule has 0 spiro atoms. The first-order valence-corrected chi connectivity index (χ1v) is 6.66. The van der Waals surface area contributed by atoms with Crippen LogP contribution in [0.2, 0.25) is 0 Å². The number of carbonyl (C=O) groups excluding carboxylic acids is 1. The van der Waals surface area contributed by atoms with Crippen LogP contribution in [0.25, 0.3) is 5.65 Å². The van der Waals surface area contributed by atoms with Gasteiger partial charge in [-0.3, -0.25) is 9.20 Å². The second-order valence-corrected chi connectivity index (χ2v) is 4.81. The Morgan fingerprint density at radius 2 is 2.40 bits per heavy atom. The highest BCUT2D eigenvalue weighted by molar-refractivity contribution is 5.75. The molecule has 1 unspecified atom stereocenters. The number of hydrogen-bond acceptors (Lipinski definition) is 4. The van der Waals surface area contributed by atoms with Crippen LogP contribution >= 0.6 is 0 Å². The smallest absolute Gasteiger partial charge is 0.350 e. The van der Waals surface area contributed by atoms with E-state index in [4.69, 9.17) is 4.74 Å². The minimum absolute atomic E-state index is 0.0762. The molecule has 3 heterocycles. The quantitative estimate of drug-likeness (QED) is 0.838. The molecule has 1 saturated heterocycles. The summed E-state index contributed by atoms with van der Waals surface area (Å²) in [6, 6.07) is 5.27. The molecular formula is C13H16N4O3. The summed E-state index contributed by atoms with van der Waals surface area (Å²) in [5.41, 5.74) is 0.220. The number of ether oxygens (including phenoxy) is 1. The van der Waals surface area contributed by atoms with Crippen LogP contribution in [-0.4, -0.2) is 39.3 Å². The Kier molecular flexibility index (Phi) is 3.51. The predicted octanol–water partition coefficient (Wildman–Crippen LogP) is -0.209. The van der Waals surface area contributed by atoms with E-state index in [9.17, 15) is 9.59 Å². The molecule has 0 radical (unpaired) electrons. The molecule has 2 aromatic rings. The van der Waals surface area contributed by atoms with E-state index in [1.807, 2.05) is 0 Å². The molecule has 1 N–H and O–H groups in total. The van der Waals surface area contributed by atoms with Crippen LogP contribution < -0.4 is 11.0 Å². The zero-order chi connectivity index (χ0) is 13.9. The van der Waals surface area contributed by atoms with Gasteiger partial charge in [-0.05, 0) is 25.0 Å². The molecule has 7 heteroatoms. The lowest BCUT2D eigenvalue weighted by Crippen LogP contribution is -2.36. The Bertz CT molecular complexity index is 670. The molecule has 0 saturated carbocycles. The van der Waals surface area contributed by atoms with Gasteiger partial charge < -0.3 is 10.1 Å². The summed E-state index contributed by atoms with van der Waals surface area (Å²) >= 11 is 0. The fourth-order valence-electron chi connectivity index (χ4n) is 2.30. The fourth-order valence-corrected chi connectivity index (χ4v) is 2.30. The summed E-state index contributed by atoms with van der Waals surface area (Å²) in [7, 11) is 0. The second kappa shape index (κ2) is 5.46. The minimum Gasteiger partial charge on any atom is -0.376 e. The van der Waals surface area contributed by atoms with Crippen molar-refractivity contribution in [2.75, 3.05) is 13.2 Å². The lowest BCUT2D eigenvalue weighted by atomic mass is 10.2. The summed E-state index contributed by atoms with van der Waals surface area (Å²) in [6.45, 7) is 1.17. The van der Waals surface area contributed by atoms with Crippen molar-refractivity contribution < 1.29 is 9.53 Å². The van der Waals surface area contributed by atoms with Crippen molar-refractivity contribution in [2.24, 2.45) is 0 Å². The number of amides is 1. The van der Waals surface area contributed by atoms with Crippen LogP contribution in [0.5, 0.6) is 0 Å². The third-order valence-electron chi connectivity index (χ3n) is 3.33. The van der Waals surface area contributed by atoms with Crippen molar-refractivity contribution in [3.63, 3.8) is 0 Å². The largest absolute Gasteiger partial charge is 0.376 e. The van der Waals surface area contributed by atoms with Gasteiger partial charge in [0.1, 0.15) is 6.54 Å². The Morgan fingerprint density at radius 3 is 3.15 bits per heavy atom. The number of hydrogen-bond donors (Lipinski definition) is 1. The van der Waals surface area contributed by atoms with Crippen molar-refractivity contribution in [1.82, 2.24) is 19.5 Å². The van der Waals surface area contributed by atoms with Gasteiger partial charge in [0.2, 0.25) is 5.91 Å². The number of carbonyl (C=O) groups is 1. The Hall–Kier alpha value is -2.15. The van der Waals surface area contributed by atoms with E-state index in [2.05, 4.69) is 10.4 Å². The third kappa shape index (κ3) is 2.57. The SMILES string of the molecule is O=C(Cn1nc2ccccn2c1=O)NCC1CCCO1. The number of pyridine rings is 1.